The molecule has 0 saturated carbocycles. The number of benzene rings is 2. The first kappa shape index (κ1) is 23.3. The molecule has 33 heavy (non-hydrogen) atoms. The van der Waals surface area contributed by atoms with Gasteiger partial charge in [-0.2, -0.15) is 13.2 Å². The van der Waals surface area contributed by atoms with Crippen molar-refractivity contribution in [1.82, 2.24) is 15.2 Å². The first-order valence-corrected chi connectivity index (χ1v) is 11.1. The number of hydrogen-bond acceptors (Lipinski definition) is 7. The lowest BCUT2D eigenvalue weighted by molar-refractivity contribution is -0.192. The zero-order valence-corrected chi connectivity index (χ0v) is 18.2. The highest BCUT2D eigenvalue weighted by molar-refractivity contribution is 7.20. The molecule has 0 amide bonds. The number of hydrogen-bond donors (Lipinski definition) is 2. The van der Waals surface area contributed by atoms with Crippen molar-refractivity contribution >= 4 is 27.5 Å². The molecule has 2 fully saturated rings. The van der Waals surface area contributed by atoms with Crippen molar-refractivity contribution in [1.29, 1.82) is 0 Å². The number of aromatic nitrogens is 1. The number of aliphatic carboxylic acids is 1. The second-order valence-corrected chi connectivity index (χ2v) is 8.66. The first-order chi connectivity index (χ1) is 15.8. The number of thiazole rings is 1. The third-order valence-electron chi connectivity index (χ3n) is 5.36. The topological polar surface area (TPSA) is 83.9 Å². The van der Waals surface area contributed by atoms with Gasteiger partial charge in [-0.25, -0.2) is 9.78 Å². The average molecular weight is 481 g/mol. The van der Waals surface area contributed by atoms with E-state index in [1.165, 1.54) is 6.42 Å². The van der Waals surface area contributed by atoms with E-state index in [4.69, 9.17) is 19.4 Å². The number of carboxylic acid groups (broad SMARTS) is 1. The summed E-state index contributed by atoms with van der Waals surface area (Å²) in [6, 6.07) is 17.2. The van der Waals surface area contributed by atoms with E-state index in [-0.39, 0.29) is 0 Å². The minimum atomic E-state index is -5.08. The number of nitrogens with one attached hydrogen (secondary N) is 1. The van der Waals surface area contributed by atoms with E-state index in [2.05, 4.69) is 21.3 Å². The number of likely N-dealkylation sites (tertiary alicyclic amines) is 1. The van der Waals surface area contributed by atoms with Crippen LogP contribution in [0.3, 0.4) is 0 Å². The van der Waals surface area contributed by atoms with Crippen LogP contribution >= 0.6 is 11.3 Å². The molecule has 2 aliphatic rings. The Balaban J connectivity index is 0.000000325. The Hall–Kier alpha value is -2.89. The minimum Gasteiger partial charge on any atom is -0.492 e. The third-order valence-corrected chi connectivity index (χ3v) is 6.28. The Labute approximate surface area is 191 Å². The predicted octanol–water partition coefficient (Wildman–Crippen LogP) is 4.15. The highest BCUT2D eigenvalue weighted by atomic mass is 32.1. The standard InChI is InChI=1S/C20H21N3O2S.C2HF3O2/c1-2-4-19-18(3-1)22-20(26-19)25-17-7-5-16(6-8-17)24-10-9-23-13-14-11-15(23)12-21-14;3-2(4,5)1(6)7/h1-8,14-15,21H,9-13H2;(H,6,7). The van der Waals surface area contributed by atoms with Gasteiger partial charge < -0.3 is 19.9 Å². The van der Waals surface area contributed by atoms with Crippen molar-refractivity contribution in [2.45, 2.75) is 24.7 Å². The van der Waals surface area contributed by atoms with E-state index in [9.17, 15) is 13.2 Å². The van der Waals surface area contributed by atoms with Crippen molar-refractivity contribution in [3.63, 3.8) is 0 Å². The van der Waals surface area contributed by atoms with Crippen LogP contribution in [0, 0.1) is 0 Å². The molecule has 11 heteroatoms. The largest absolute Gasteiger partial charge is 0.492 e. The van der Waals surface area contributed by atoms with Crippen molar-refractivity contribution in [2.24, 2.45) is 0 Å². The number of ether oxygens (including phenoxy) is 2. The SMILES string of the molecule is O=C(O)C(F)(F)F.c1ccc2sc(Oc3ccc(OCCN4CC5CC4CN5)cc3)nc2c1. The number of fused-ring (bicyclic) bond motifs is 3. The van der Waals surface area contributed by atoms with Crippen LogP contribution in [0.1, 0.15) is 6.42 Å². The predicted molar refractivity (Wildman–Crippen MR) is 117 cm³/mol. The lowest BCUT2D eigenvalue weighted by Gasteiger charge is -2.26. The summed E-state index contributed by atoms with van der Waals surface area (Å²) in [4.78, 5) is 15.9. The Kier molecular flexibility index (Phi) is 7.01. The second-order valence-electron chi connectivity index (χ2n) is 7.66. The van der Waals surface area contributed by atoms with Gasteiger partial charge in [-0.3, -0.25) is 4.90 Å². The Morgan fingerprint density at radius 3 is 2.48 bits per heavy atom. The molecule has 2 N–H and O–H groups in total. The number of carbonyl (C=O) groups is 1. The van der Waals surface area contributed by atoms with E-state index >= 15 is 0 Å². The van der Waals surface area contributed by atoms with Gasteiger partial charge in [0.25, 0.3) is 5.19 Å². The van der Waals surface area contributed by atoms with Crippen LogP contribution in [0.4, 0.5) is 13.2 Å². The summed E-state index contributed by atoms with van der Waals surface area (Å²) in [6.07, 6.45) is -3.79. The Bertz CT molecular complexity index is 1060. The molecular formula is C22H22F3N3O4S. The van der Waals surface area contributed by atoms with E-state index in [1.807, 2.05) is 42.5 Å². The smallest absolute Gasteiger partial charge is 0.490 e. The quantitative estimate of drug-likeness (QED) is 0.547. The summed E-state index contributed by atoms with van der Waals surface area (Å²) in [6.45, 7) is 4.00. The number of piperazine rings is 1. The number of carboxylic acids is 1. The van der Waals surface area contributed by atoms with Gasteiger partial charge in [0.1, 0.15) is 18.1 Å². The molecule has 1 aromatic heterocycles. The van der Waals surface area contributed by atoms with Crippen LogP contribution in [-0.2, 0) is 4.79 Å². The Morgan fingerprint density at radius 2 is 1.88 bits per heavy atom. The molecule has 0 aliphatic carbocycles. The summed E-state index contributed by atoms with van der Waals surface area (Å²) in [7, 11) is 0. The molecule has 2 aromatic carbocycles. The molecule has 3 heterocycles. The van der Waals surface area contributed by atoms with Gasteiger partial charge in [0.2, 0.25) is 0 Å². The van der Waals surface area contributed by atoms with Crippen LogP contribution in [0.15, 0.2) is 48.5 Å². The first-order valence-electron chi connectivity index (χ1n) is 10.3. The highest BCUT2D eigenvalue weighted by Gasteiger charge is 2.38. The molecule has 3 aromatic rings. The van der Waals surface area contributed by atoms with Crippen molar-refractivity contribution in [3.05, 3.63) is 48.5 Å². The van der Waals surface area contributed by atoms with E-state index in [1.54, 1.807) is 11.3 Å². The summed E-state index contributed by atoms with van der Waals surface area (Å²) in [5.41, 5.74) is 0.971. The molecular weight excluding hydrogens is 459 g/mol. The molecule has 2 atom stereocenters. The van der Waals surface area contributed by atoms with Crippen LogP contribution in [0.5, 0.6) is 16.7 Å². The fourth-order valence-corrected chi connectivity index (χ4v) is 4.64. The average Bonchev–Trinajstić information content (AvgIpc) is 3.50. The number of alkyl halides is 3. The van der Waals surface area contributed by atoms with Crippen LogP contribution in [0.25, 0.3) is 10.2 Å². The normalized spacial score (nSPS) is 19.8. The van der Waals surface area contributed by atoms with Crippen LogP contribution < -0.4 is 14.8 Å². The molecule has 2 unspecified atom stereocenters. The molecule has 7 nitrogen and oxygen atoms in total. The zero-order valence-electron chi connectivity index (χ0n) is 17.4. The zero-order chi connectivity index (χ0) is 23.4. The van der Waals surface area contributed by atoms with Gasteiger partial charge in [0.15, 0.2) is 0 Å². The van der Waals surface area contributed by atoms with Gasteiger partial charge in [0.05, 0.1) is 10.2 Å². The van der Waals surface area contributed by atoms with Gasteiger partial charge in [-0.1, -0.05) is 23.5 Å². The van der Waals surface area contributed by atoms with Gasteiger partial charge in [-0.15, -0.1) is 0 Å². The van der Waals surface area contributed by atoms with Gasteiger partial charge in [-0.05, 0) is 42.8 Å². The number of halogens is 3. The molecule has 2 saturated heterocycles. The van der Waals surface area contributed by atoms with E-state index in [0.29, 0.717) is 17.3 Å². The van der Waals surface area contributed by atoms with E-state index < -0.39 is 12.1 Å². The summed E-state index contributed by atoms with van der Waals surface area (Å²) in [5, 5.41) is 11.3. The lowest BCUT2D eigenvalue weighted by Crippen LogP contribution is -2.45. The third kappa shape index (κ3) is 6.12. The molecule has 2 bridgehead atoms. The van der Waals surface area contributed by atoms with Crippen LogP contribution in [-0.4, -0.2) is 65.5 Å². The van der Waals surface area contributed by atoms with Gasteiger partial charge in [0, 0.05) is 31.7 Å². The highest BCUT2D eigenvalue weighted by Crippen LogP contribution is 2.31. The van der Waals surface area contributed by atoms with Crippen LogP contribution in [0.2, 0.25) is 0 Å². The molecule has 176 valence electrons. The molecule has 0 spiro atoms. The molecule has 0 radical (unpaired) electrons. The Morgan fingerprint density at radius 1 is 1.18 bits per heavy atom. The van der Waals surface area contributed by atoms with E-state index in [0.717, 1.165) is 48.0 Å². The summed E-state index contributed by atoms with van der Waals surface area (Å²) in [5.74, 6) is -1.10. The maximum atomic E-state index is 10.6. The monoisotopic (exact) mass is 481 g/mol. The molecule has 2 aliphatic heterocycles. The maximum absolute atomic E-state index is 10.6. The van der Waals surface area contributed by atoms with Crippen molar-refractivity contribution < 1.29 is 32.5 Å². The van der Waals surface area contributed by atoms with Crippen molar-refractivity contribution in [2.75, 3.05) is 26.2 Å². The maximum Gasteiger partial charge on any atom is 0.490 e. The summed E-state index contributed by atoms with van der Waals surface area (Å²) < 4.78 is 44.6. The summed E-state index contributed by atoms with van der Waals surface area (Å²) >= 11 is 1.55. The number of rotatable bonds is 6. The minimum absolute atomic E-state index is 0.664. The van der Waals surface area contributed by atoms with Crippen molar-refractivity contribution in [3.8, 4) is 16.7 Å². The number of para-hydroxylation sites is 1. The number of nitrogens with zero attached hydrogens (tertiary/aromatic N) is 2. The second kappa shape index (κ2) is 9.94. The fourth-order valence-electron chi connectivity index (χ4n) is 3.80. The van der Waals surface area contributed by atoms with Gasteiger partial charge >= 0.3 is 12.1 Å². The fraction of sp³-hybridized carbons (Fsp3) is 0.364. The lowest BCUT2D eigenvalue weighted by atomic mass is 10.2. The molecule has 5 rings (SSSR count).